The Labute approximate surface area is 108 Å². The monoisotopic (exact) mass is 250 g/mol. The fourth-order valence-electron chi connectivity index (χ4n) is 2.06. The van der Waals surface area contributed by atoms with Crippen molar-refractivity contribution in [2.45, 2.75) is 26.7 Å². The molecule has 2 heterocycles. The minimum absolute atomic E-state index is 0.300. The lowest BCUT2D eigenvalue weighted by molar-refractivity contribution is 0.0300. The average molecular weight is 250 g/mol. The van der Waals surface area contributed by atoms with Crippen LogP contribution >= 0.6 is 0 Å². The van der Waals surface area contributed by atoms with Gasteiger partial charge < -0.3 is 15.4 Å². The maximum Gasteiger partial charge on any atom is 0.146 e. The Morgan fingerprint density at radius 2 is 1.89 bits per heavy atom. The SMILES string of the molecule is CCNc1cncc(NCC2(C)CCOCC2)n1. The molecule has 0 aromatic carbocycles. The van der Waals surface area contributed by atoms with Crippen LogP contribution in [-0.4, -0.2) is 36.3 Å². The first-order valence-corrected chi connectivity index (χ1v) is 6.59. The predicted molar refractivity (Wildman–Crippen MR) is 72.8 cm³/mol. The zero-order valence-corrected chi connectivity index (χ0v) is 11.2. The Kier molecular flexibility index (Phi) is 4.36. The summed E-state index contributed by atoms with van der Waals surface area (Å²) in [4.78, 5) is 8.64. The van der Waals surface area contributed by atoms with Gasteiger partial charge >= 0.3 is 0 Å². The third-order valence-corrected chi connectivity index (χ3v) is 3.39. The van der Waals surface area contributed by atoms with Crippen molar-refractivity contribution >= 4 is 11.6 Å². The standard InChI is InChI=1S/C13H22N4O/c1-3-15-11-8-14-9-12(17-11)16-10-13(2)4-6-18-7-5-13/h8-9H,3-7,10H2,1-2H3,(H2,15,16,17). The molecule has 0 atom stereocenters. The van der Waals surface area contributed by atoms with E-state index in [-0.39, 0.29) is 0 Å². The first-order valence-electron chi connectivity index (χ1n) is 6.59. The van der Waals surface area contributed by atoms with E-state index >= 15 is 0 Å². The van der Waals surface area contributed by atoms with Crippen molar-refractivity contribution in [3.05, 3.63) is 12.4 Å². The van der Waals surface area contributed by atoms with E-state index in [2.05, 4.69) is 27.5 Å². The number of nitrogens with one attached hydrogen (secondary N) is 2. The summed E-state index contributed by atoms with van der Waals surface area (Å²) in [5.41, 5.74) is 0.300. The second-order valence-electron chi connectivity index (χ2n) is 5.10. The van der Waals surface area contributed by atoms with Crippen LogP contribution < -0.4 is 10.6 Å². The van der Waals surface area contributed by atoms with E-state index in [1.54, 1.807) is 12.4 Å². The van der Waals surface area contributed by atoms with Gasteiger partial charge in [-0.15, -0.1) is 0 Å². The average Bonchev–Trinajstić information content (AvgIpc) is 2.38. The molecule has 1 aliphatic rings. The number of ether oxygens (including phenoxy) is 1. The zero-order chi connectivity index (χ0) is 12.8. The highest BCUT2D eigenvalue weighted by Crippen LogP contribution is 2.29. The molecule has 0 radical (unpaired) electrons. The van der Waals surface area contributed by atoms with E-state index in [1.807, 2.05) is 6.92 Å². The van der Waals surface area contributed by atoms with E-state index in [4.69, 9.17) is 4.74 Å². The molecule has 0 unspecified atom stereocenters. The van der Waals surface area contributed by atoms with Gasteiger partial charge in [0, 0.05) is 26.3 Å². The van der Waals surface area contributed by atoms with E-state index in [0.29, 0.717) is 5.41 Å². The maximum atomic E-state index is 5.40. The molecule has 0 amide bonds. The molecule has 2 N–H and O–H groups in total. The summed E-state index contributed by atoms with van der Waals surface area (Å²) in [6, 6.07) is 0. The van der Waals surface area contributed by atoms with Gasteiger partial charge in [-0.25, -0.2) is 4.98 Å². The van der Waals surface area contributed by atoms with Crippen molar-refractivity contribution in [1.82, 2.24) is 9.97 Å². The summed E-state index contributed by atoms with van der Waals surface area (Å²) in [5, 5.41) is 6.55. The molecule has 0 bridgehead atoms. The van der Waals surface area contributed by atoms with Gasteiger partial charge in [0.15, 0.2) is 0 Å². The van der Waals surface area contributed by atoms with Crippen molar-refractivity contribution < 1.29 is 4.74 Å². The van der Waals surface area contributed by atoms with Crippen LogP contribution in [0.1, 0.15) is 26.7 Å². The molecule has 5 nitrogen and oxygen atoms in total. The van der Waals surface area contributed by atoms with E-state index in [0.717, 1.165) is 50.8 Å². The van der Waals surface area contributed by atoms with Gasteiger partial charge in [-0.3, -0.25) is 4.98 Å². The van der Waals surface area contributed by atoms with Crippen LogP contribution in [0.2, 0.25) is 0 Å². The summed E-state index contributed by atoms with van der Waals surface area (Å²) >= 11 is 0. The molecular formula is C13H22N4O. The summed E-state index contributed by atoms with van der Waals surface area (Å²) in [7, 11) is 0. The van der Waals surface area contributed by atoms with Gasteiger partial charge in [0.05, 0.1) is 12.4 Å². The molecule has 1 aromatic rings. The Bertz CT molecular complexity index is 377. The lowest BCUT2D eigenvalue weighted by atomic mass is 9.82. The van der Waals surface area contributed by atoms with Crippen molar-refractivity contribution in [1.29, 1.82) is 0 Å². The molecule has 1 fully saturated rings. The normalized spacial score (nSPS) is 18.3. The van der Waals surface area contributed by atoms with Crippen LogP contribution in [0.4, 0.5) is 11.6 Å². The highest BCUT2D eigenvalue weighted by atomic mass is 16.5. The van der Waals surface area contributed by atoms with Gasteiger partial charge in [0.1, 0.15) is 11.6 Å². The fraction of sp³-hybridized carbons (Fsp3) is 0.692. The predicted octanol–water partition coefficient (Wildman–Crippen LogP) is 2.14. The van der Waals surface area contributed by atoms with E-state index in [9.17, 15) is 0 Å². The first kappa shape index (κ1) is 13.1. The summed E-state index contributed by atoms with van der Waals surface area (Å²) < 4.78 is 5.40. The molecule has 1 aromatic heterocycles. The fourth-order valence-corrected chi connectivity index (χ4v) is 2.06. The largest absolute Gasteiger partial charge is 0.381 e. The van der Waals surface area contributed by atoms with Crippen molar-refractivity contribution in [2.75, 3.05) is 36.9 Å². The number of aromatic nitrogens is 2. The highest BCUT2D eigenvalue weighted by molar-refractivity contribution is 5.41. The van der Waals surface area contributed by atoms with Crippen molar-refractivity contribution in [3.8, 4) is 0 Å². The minimum Gasteiger partial charge on any atom is -0.381 e. The third kappa shape index (κ3) is 3.57. The molecule has 2 rings (SSSR count). The third-order valence-electron chi connectivity index (χ3n) is 3.39. The second-order valence-corrected chi connectivity index (χ2v) is 5.10. The van der Waals surface area contributed by atoms with Crippen LogP contribution in [-0.2, 0) is 4.74 Å². The summed E-state index contributed by atoms with van der Waals surface area (Å²) in [6.07, 6.45) is 5.70. The van der Waals surface area contributed by atoms with Crippen LogP contribution in [0.15, 0.2) is 12.4 Å². The molecule has 0 saturated carbocycles. The van der Waals surface area contributed by atoms with Gasteiger partial charge in [0.25, 0.3) is 0 Å². The number of hydrogen-bond donors (Lipinski definition) is 2. The zero-order valence-electron chi connectivity index (χ0n) is 11.2. The van der Waals surface area contributed by atoms with Gasteiger partial charge in [0.2, 0.25) is 0 Å². The van der Waals surface area contributed by atoms with Crippen molar-refractivity contribution in [3.63, 3.8) is 0 Å². The molecule has 0 aliphatic carbocycles. The molecule has 0 spiro atoms. The molecular weight excluding hydrogens is 228 g/mol. The number of rotatable bonds is 5. The lowest BCUT2D eigenvalue weighted by Crippen LogP contribution is -2.33. The van der Waals surface area contributed by atoms with Gasteiger partial charge in [-0.05, 0) is 25.2 Å². The van der Waals surface area contributed by atoms with Gasteiger partial charge in [-0.1, -0.05) is 6.92 Å². The first-order chi connectivity index (χ1) is 8.72. The lowest BCUT2D eigenvalue weighted by Gasteiger charge is -2.33. The molecule has 18 heavy (non-hydrogen) atoms. The number of anilines is 2. The van der Waals surface area contributed by atoms with Crippen LogP contribution in [0.5, 0.6) is 0 Å². The molecule has 5 heteroatoms. The summed E-state index contributed by atoms with van der Waals surface area (Å²) in [5.74, 6) is 1.65. The Hall–Kier alpha value is -1.36. The summed E-state index contributed by atoms with van der Waals surface area (Å²) in [6.45, 7) is 7.84. The van der Waals surface area contributed by atoms with E-state index in [1.165, 1.54) is 0 Å². The quantitative estimate of drug-likeness (QED) is 0.838. The Balaban J connectivity index is 1.90. The Morgan fingerprint density at radius 1 is 1.22 bits per heavy atom. The van der Waals surface area contributed by atoms with Crippen LogP contribution in [0, 0.1) is 5.41 Å². The highest BCUT2D eigenvalue weighted by Gasteiger charge is 2.27. The second kappa shape index (κ2) is 6.00. The molecule has 1 saturated heterocycles. The number of nitrogens with zero attached hydrogens (tertiary/aromatic N) is 2. The molecule has 100 valence electrons. The topological polar surface area (TPSA) is 59.1 Å². The smallest absolute Gasteiger partial charge is 0.146 e. The minimum atomic E-state index is 0.300. The van der Waals surface area contributed by atoms with Gasteiger partial charge in [-0.2, -0.15) is 0 Å². The van der Waals surface area contributed by atoms with Crippen molar-refractivity contribution in [2.24, 2.45) is 5.41 Å². The molecule has 1 aliphatic heterocycles. The van der Waals surface area contributed by atoms with Crippen LogP contribution in [0.3, 0.4) is 0 Å². The maximum absolute atomic E-state index is 5.40. The number of hydrogen-bond acceptors (Lipinski definition) is 5. The van der Waals surface area contributed by atoms with Crippen LogP contribution in [0.25, 0.3) is 0 Å². The Morgan fingerprint density at radius 3 is 2.56 bits per heavy atom. The van der Waals surface area contributed by atoms with E-state index < -0.39 is 0 Å².